The SMILES string of the molecule is CCC(Cc1ccccc1C1OCCO1)C1CCCCC1. The van der Waals surface area contributed by atoms with E-state index in [0.29, 0.717) is 0 Å². The predicted molar refractivity (Wildman–Crippen MR) is 85.1 cm³/mol. The van der Waals surface area contributed by atoms with E-state index in [4.69, 9.17) is 9.47 Å². The molecule has 1 aliphatic heterocycles. The minimum Gasteiger partial charge on any atom is -0.346 e. The fourth-order valence-corrected chi connectivity index (χ4v) is 4.02. The summed E-state index contributed by atoms with van der Waals surface area (Å²) in [5.74, 6) is 1.73. The van der Waals surface area contributed by atoms with Gasteiger partial charge in [-0.15, -0.1) is 0 Å². The van der Waals surface area contributed by atoms with Crippen molar-refractivity contribution in [3.05, 3.63) is 35.4 Å². The van der Waals surface area contributed by atoms with Crippen molar-refractivity contribution < 1.29 is 9.47 Å². The van der Waals surface area contributed by atoms with Crippen LogP contribution in [0.5, 0.6) is 0 Å². The Bertz CT molecular complexity index is 431. The molecule has 1 saturated heterocycles. The normalized spacial score (nSPS) is 22.5. The van der Waals surface area contributed by atoms with Crippen LogP contribution in [0.3, 0.4) is 0 Å². The fraction of sp³-hybridized carbons (Fsp3) is 0.684. The van der Waals surface area contributed by atoms with Gasteiger partial charge in [-0.3, -0.25) is 0 Å². The first-order valence-electron chi connectivity index (χ1n) is 8.69. The van der Waals surface area contributed by atoms with Crippen LogP contribution in [-0.2, 0) is 15.9 Å². The van der Waals surface area contributed by atoms with E-state index in [9.17, 15) is 0 Å². The molecule has 1 aromatic carbocycles. The molecule has 2 nitrogen and oxygen atoms in total. The molecule has 0 N–H and O–H groups in total. The summed E-state index contributed by atoms with van der Waals surface area (Å²) in [5.41, 5.74) is 2.69. The summed E-state index contributed by atoms with van der Waals surface area (Å²) in [4.78, 5) is 0. The van der Waals surface area contributed by atoms with Crippen LogP contribution in [0.25, 0.3) is 0 Å². The van der Waals surface area contributed by atoms with Crippen LogP contribution in [0.15, 0.2) is 24.3 Å². The van der Waals surface area contributed by atoms with Crippen molar-refractivity contribution in [1.82, 2.24) is 0 Å². The highest BCUT2D eigenvalue weighted by Gasteiger charge is 2.26. The molecule has 2 heteroatoms. The number of ether oxygens (including phenoxy) is 2. The van der Waals surface area contributed by atoms with Gasteiger partial charge in [0.15, 0.2) is 6.29 Å². The molecule has 1 saturated carbocycles. The van der Waals surface area contributed by atoms with Gasteiger partial charge in [-0.05, 0) is 23.8 Å². The first-order chi connectivity index (χ1) is 10.4. The second kappa shape index (κ2) is 7.42. The first kappa shape index (κ1) is 15.1. The van der Waals surface area contributed by atoms with Gasteiger partial charge in [0.1, 0.15) is 0 Å². The van der Waals surface area contributed by atoms with Crippen LogP contribution < -0.4 is 0 Å². The monoisotopic (exact) mass is 288 g/mol. The van der Waals surface area contributed by atoms with Gasteiger partial charge in [-0.25, -0.2) is 0 Å². The zero-order valence-corrected chi connectivity index (χ0v) is 13.2. The lowest BCUT2D eigenvalue weighted by Gasteiger charge is -2.30. The third-order valence-electron chi connectivity index (χ3n) is 5.25. The average molecular weight is 288 g/mol. The zero-order chi connectivity index (χ0) is 14.5. The molecule has 1 aliphatic carbocycles. The molecule has 0 aromatic heterocycles. The van der Waals surface area contributed by atoms with Crippen LogP contribution in [-0.4, -0.2) is 13.2 Å². The molecule has 1 atom stereocenters. The van der Waals surface area contributed by atoms with Crippen molar-refractivity contribution in [3.8, 4) is 0 Å². The molecular formula is C19H28O2. The molecule has 2 aliphatic rings. The van der Waals surface area contributed by atoms with E-state index in [1.165, 1.54) is 56.1 Å². The highest BCUT2D eigenvalue weighted by Crippen LogP contribution is 2.35. The molecule has 0 bridgehead atoms. The molecule has 2 fully saturated rings. The molecule has 3 rings (SSSR count). The standard InChI is InChI=1S/C19H28O2/c1-2-15(16-8-4-3-5-9-16)14-17-10-6-7-11-18(17)19-20-12-13-21-19/h6-7,10-11,15-16,19H,2-5,8-9,12-14H2,1H3. The fourth-order valence-electron chi connectivity index (χ4n) is 4.02. The zero-order valence-electron chi connectivity index (χ0n) is 13.2. The van der Waals surface area contributed by atoms with Crippen molar-refractivity contribution in [1.29, 1.82) is 0 Å². The summed E-state index contributed by atoms with van der Waals surface area (Å²) >= 11 is 0. The third kappa shape index (κ3) is 3.67. The van der Waals surface area contributed by atoms with Crippen LogP contribution in [0.2, 0.25) is 0 Å². The van der Waals surface area contributed by atoms with Gasteiger partial charge in [-0.1, -0.05) is 69.7 Å². The largest absolute Gasteiger partial charge is 0.346 e. The summed E-state index contributed by atoms with van der Waals surface area (Å²) in [6, 6.07) is 8.71. The minimum atomic E-state index is -0.134. The summed E-state index contributed by atoms with van der Waals surface area (Å²) in [7, 11) is 0. The quantitative estimate of drug-likeness (QED) is 0.768. The van der Waals surface area contributed by atoms with E-state index >= 15 is 0 Å². The Morgan fingerprint density at radius 2 is 1.76 bits per heavy atom. The molecule has 0 spiro atoms. The maximum absolute atomic E-state index is 5.72. The Labute approximate surface area is 128 Å². The van der Waals surface area contributed by atoms with Crippen LogP contribution in [0, 0.1) is 11.8 Å². The van der Waals surface area contributed by atoms with Crippen molar-refractivity contribution in [3.63, 3.8) is 0 Å². The minimum absolute atomic E-state index is 0.134. The van der Waals surface area contributed by atoms with Crippen LogP contribution >= 0.6 is 0 Å². The van der Waals surface area contributed by atoms with Crippen molar-refractivity contribution in [2.45, 2.75) is 58.2 Å². The average Bonchev–Trinajstić information content (AvgIpc) is 3.08. The van der Waals surface area contributed by atoms with Crippen LogP contribution in [0.1, 0.15) is 62.9 Å². The maximum atomic E-state index is 5.72. The number of benzene rings is 1. The summed E-state index contributed by atoms with van der Waals surface area (Å²) in [6.07, 6.45) is 9.48. The van der Waals surface area contributed by atoms with Crippen LogP contribution in [0.4, 0.5) is 0 Å². The van der Waals surface area contributed by atoms with E-state index in [0.717, 1.165) is 25.0 Å². The second-order valence-corrected chi connectivity index (χ2v) is 6.54. The molecule has 116 valence electrons. The lowest BCUT2D eigenvalue weighted by Crippen LogP contribution is -2.20. The van der Waals surface area contributed by atoms with E-state index in [1.54, 1.807) is 0 Å². The third-order valence-corrected chi connectivity index (χ3v) is 5.25. The van der Waals surface area contributed by atoms with Crippen molar-refractivity contribution >= 4 is 0 Å². The highest BCUT2D eigenvalue weighted by atomic mass is 16.7. The smallest absolute Gasteiger partial charge is 0.184 e. The molecule has 21 heavy (non-hydrogen) atoms. The Hall–Kier alpha value is -0.860. The number of hydrogen-bond donors (Lipinski definition) is 0. The van der Waals surface area contributed by atoms with Crippen molar-refractivity contribution in [2.24, 2.45) is 11.8 Å². The highest BCUT2D eigenvalue weighted by molar-refractivity contribution is 5.29. The lowest BCUT2D eigenvalue weighted by molar-refractivity contribution is -0.0448. The molecule has 0 radical (unpaired) electrons. The summed E-state index contributed by atoms with van der Waals surface area (Å²) < 4.78 is 11.4. The van der Waals surface area contributed by atoms with Gasteiger partial charge in [0.05, 0.1) is 13.2 Å². The van der Waals surface area contributed by atoms with E-state index in [1.807, 2.05) is 0 Å². The lowest BCUT2D eigenvalue weighted by atomic mass is 9.76. The topological polar surface area (TPSA) is 18.5 Å². The first-order valence-corrected chi connectivity index (χ1v) is 8.69. The Balaban J connectivity index is 1.73. The Morgan fingerprint density at radius 3 is 2.48 bits per heavy atom. The maximum Gasteiger partial charge on any atom is 0.184 e. The summed E-state index contributed by atoms with van der Waals surface area (Å²) in [5, 5.41) is 0. The molecular weight excluding hydrogens is 260 g/mol. The van der Waals surface area contributed by atoms with Gasteiger partial charge in [0.2, 0.25) is 0 Å². The van der Waals surface area contributed by atoms with Crippen molar-refractivity contribution in [2.75, 3.05) is 13.2 Å². The van der Waals surface area contributed by atoms with Gasteiger partial charge in [-0.2, -0.15) is 0 Å². The number of rotatable bonds is 5. The molecule has 1 heterocycles. The van der Waals surface area contributed by atoms with Gasteiger partial charge < -0.3 is 9.47 Å². The molecule has 1 unspecified atom stereocenters. The van der Waals surface area contributed by atoms with Gasteiger partial charge >= 0.3 is 0 Å². The number of hydrogen-bond acceptors (Lipinski definition) is 2. The van der Waals surface area contributed by atoms with E-state index in [-0.39, 0.29) is 6.29 Å². The predicted octanol–water partition coefficient (Wildman–Crippen LogP) is 4.88. The summed E-state index contributed by atoms with van der Waals surface area (Å²) in [6.45, 7) is 3.79. The molecule has 0 amide bonds. The molecule has 1 aromatic rings. The van der Waals surface area contributed by atoms with Gasteiger partial charge in [0.25, 0.3) is 0 Å². The second-order valence-electron chi connectivity index (χ2n) is 6.54. The van der Waals surface area contributed by atoms with E-state index in [2.05, 4.69) is 31.2 Å². The Morgan fingerprint density at radius 1 is 1.05 bits per heavy atom. The van der Waals surface area contributed by atoms with Gasteiger partial charge in [0, 0.05) is 5.56 Å². The van der Waals surface area contributed by atoms with E-state index < -0.39 is 0 Å². The Kier molecular flexibility index (Phi) is 5.32.